The van der Waals surface area contributed by atoms with Crippen molar-refractivity contribution in [3.63, 3.8) is 0 Å². The van der Waals surface area contributed by atoms with Gasteiger partial charge in [-0.1, -0.05) is 36.0 Å². The van der Waals surface area contributed by atoms with Gasteiger partial charge in [0.2, 0.25) is 0 Å². The van der Waals surface area contributed by atoms with Crippen molar-refractivity contribution < 1.29 is 19.8 Å². The molecule has 104 valence electrons. The van der Waals surface area contributed by atoms with Gasteiger partial charge in [0.1, 0.15) is 6.10 Å². The Labute approximate surface area is 120 Å². The molecule has 0 fully saturated rings. The van der Waals surface area contributed by atoms with Gasteiger partial charge in [-0.25, -0.2) is 0 Å². The third kappa shape index (κ3) is 4.95. The number of aliphatic hydroxyl groups is 2. The molecule has 0 aliphatic heterocycles. The van der Waals surface area contributed by atoms with Gasteiger partial charge in [-0.05, 0) is 5.56 Å². The van der Waals surface area contributed by atoms with E-state index >= 15 is 0 Å². The van der Waals surface area contributed by atoms with Crippen LogP contribution in [0.1, 0.15) is 28.9 Å². The fraction of sp³-hybridized carbons (Fsp3) is 0.385. The lowest BCUT2D eigenvalue weighted by molar-refractivity contribution is -0.109. The topological polar surface area (TPSA) is 74.6 Å². The van der Waals surface area contributed by atoms with E-state index < -0.39 is 12.2 Å². The molecule has 2 atom stereocenters. The number of carbonyl (C=O) groups excluding carboxylic acids is 2. The first-order chi connectivity index (χ1) is 8.95. The molecule has 1 aromatic rings. The summed E-state index contributed by atoms with van der Waals surface area (Å²) in [6.07, 6.45) is -2.13. The van der Waals surface area contributed by atoms with Gasteiger partial charge in [0, 0.05) is 18.2 Å². The summed E-state index contributed by atoms with van der Waals surface area (Å²) in [6.45, 7) is 1.40. The van der Waals surface area contributed by atoms with Gasteiger partial charge in [0.15, 0.2) is 10.9 Å². The number of aliphatic hydroxyl groups excluding tert-OH is 2. The normalized spacial score (nSPS) is 13.9. The molecule has 0 aliphatic carbocycles. The Bertz CT molecular complexity index is 446. The molecule has 0 aliphatic rings. The molecular formula is C13H15ClO4S. The minimum atomic E-state index is -1.09. The first kappa shape index (κ1) is 16.2. The standard InChI is InChI=1S/C13H15ClO4S/c1-8(15)19-7-12(17)13(18)10-4-2-9(3-5-10)11(16)6-14/h2-5,12-13,17-18H,6-7H2,1H3. The lowest BCUT2D eigenvalue weighted by Crippen LogP contribution is -2.21. The van der Waals surface area contributed by atoms with Gasteiger partial charge in [-0.15, -0.1) is 11.6 Å². The number of hydrogen-bond donors (Lipinski definition) is 2. The van der Waals surface area contributed by atoms with E-state index in [1.54, 1.807) is 24.3 Å². The van der Waals surface area contributed by atoms with Crippen molar-refractivity contribution in [1.29, 1.82) is 0 Å². The summed E-state index contributed by atoms with van der Waals surface area (Å²) < 4.78 is 0. The summed E-state index contributed by atoms with van der Waals surface area (Å²) in [5.41, 5.74) is 0.946. The maximum Gasteiger partial charge on any atom is 0.185 e. The smallest absolute Gasteiger partial charge is 0.185 e. The van der Waals surface area contributed by atoms with Crippen LogP contribution in [0.15, 0.2) is 24.3 Å². The first-order valence-corrected chi connectivity index (χ1v) is 7.16. The third-order valence-electron chi connectivity index (χ3n) is 2.52. The summed E-state index contributed by atoms with van der Waals surface area (Å²) in [6, 6.07) is 6.22. The monoisotopic (exact) mass is 302 g/mol. The van der Waals surface area contributed by atoms with Crippen molar-refractivity contribution in [3.05, 3.63) is 35.4 Å². The van der Waals surface area contributed by atoms with Gasteiger partial charge in [0.25, 0.3) is 0 Å². The summed E-state index contributed by atoms with van der Waals surface area (Å²) in [7, 11) is 0. The molecule has 0 saturated carbocycles. The highest BCUT2D eigenvalue weighted by molar-refractivity contribution is 8.13. The van der Waals surface area contributed by atoms with Crippen LogP contribution >= 0.6 is 23.4 Å². The molecule has 1 rings (SSSR count). The van der Waals surface area contributed by atoms with E-state index in [-0.39, 0.29) is 22.5 Å². The molecule has 0 bridgehead atoms. The van der Waals surface area contributed by atoms with Crippen molar-refractivity contribution >= 4 is 34.3 Å². The Hall–Kier alpha value is -0.880. The zero-order valence-electron chi connectivity index (χ0n) is 10.4. The summed E-state index contributed by atoms with van der Waals surface area (Å²) >= 11 is 6.39. The van der Waals surface area contributed by atoms with Gasteiger partial charge in [0.05, 0.1) is 12.0 Å². The Morgan fingerprint density at radius 2 is 1.84 bits per heavy atom. The maximum absolute atomic E-state index is 11.3. The molecule has 0 spiro atoms. The van der Waals surface area contributed by atoms with Crippen LogP contribution in [0, 0.1) is 0 Å². The average molecular weight is 303 g/mol. The fourth-order valence-corrected chi connectivity index (χ4v) is 2.20. The molecule has 1 aromatic carbocycles. The number of hydrogen-bond acceptors (Lipinski definition) is 5. The quantitative estimate of drug-likeness (QED) is 0.619. The molecular weight excluding hydrogens is 288 g/mol. The van der Waals surface area contributed by atoms with Gasteiger partial charge >= 0.3 is 0 Å². The van der Waals surface area contributed by atoms with E-state index in [2.05, 4.69) is 0 Å². The fourth-order valence-electron chi connectivity index (χ4n) is 1.46. The van der Waals surface area contributed by atoms with Gasteiger partial charge < -0.3 is 10.2 Å². The van der Waals surface area contributed by atoms with Crippen molar-refractivity contribution in [3.8, 4) is 0 Å². The molecule has 6 heteroatoms. The van der Waals surface area contributed by atoms with E-state index in [1.807, 2.05) is 0 Å². The van der Waals surface area contributed by atoms with Gasteiger partial charge in [-0.2, -0.15) is 0 Å². The molecule has 19 heavy (non-hydrogen) atoms. The zero-order valence-corrected chi connectivity index (χ0v) is 11.9. The largest absolute Gasteiger partial charge is 0.389 e. The van der Waals surface area contributed by atoms with E-state index in [1.165, 1.54) is 6.92 Å². The number of benzene rings is 1. The summed E-state index contributed by atoms with van der Waals surface area (Å²) in [5, 5.41) is 19.5. The van der Waals surface area contributed by atoms with Crippen LogP contribution in [0.4, 0.5) is 0 Å². The second-order valence-corrected chi connectivity index (χ2v) is 5.46. The van der Waals surface area contributed by atoms with E-state index in [0.717, 1.165) is 11.8 Å². The molecule has 0 radical (unpaired) electrons. The average Bonchev–Trinajstić information content (AvgIpc) is 2.43. The van der Waals surface area contributed by atoms with E-state index in [9.17, 15) is 19.8 Å². The minimum Gasteiger partial charge on any atom is -0.389 e. The number of ketones is 1. The van der Waals surface area contributed by atoms with Crippen LogP contribution in [-0.2, 0) is 4.79 Å². The van der Waals surface area contributed by atoms with Crippen LogP contribution in [0.3, 0.4) is 0 Å². The van der Waals surface area contributed by atoms with Crippen LogP contribution in [0.5, 0.6) is 0 Å². The highest BCUT2D eigenvalue weighted by atomic mass is 35.5. The predicted octanol–water partition coefficient (Wildman–Crippen LogP) is 1.78. The van der Waals surface area contributed by atoms with Crippen LogP contribution in [-0.4, -0.2) is 38.8 Å². The SMILES string of the molecule is CC(=O)SCC(O)C(O)c1ccc(C(=O)CCl)cc1. The van der Waals surface area contributed by atoms with Crippen molar-refractivity contribution in [1.82, 2.24) is 0 Å². The Morgan fingerprint density at radius 3 is 2.32 bits per heavy atom. The van der Waals surface area contributed by atoms with E-state index in [0.29, 0.717) is 11.1 Å². The van der Waals surface area contributed by atoms with Crippen LogP contribution in [0.2, 0.25) is 0 Å². The summed E-state index contributed by atoms with van der Waals surface area (Å²) in [5.74, 6) is -0.172. The number of rotatable bonds is 6. The second-order valence-electron chi connectivity index (χ2n) is 3.99. The highest BCUT2D eigenvalue weighted by Gasteiger charge is 2.19. The number of thioether (sulfide) groups is 1. The number of halogens is 1. The molecule has 0 saturated heterocycles. The molecule has 2 N–H and O–H groups in total. The van der Waals surface area contributed by atoms with Crippen molar-refractivity contribution in [2.45, 2.75) is 19.1 Å². The second kappa shape index (κ2) is 7.65. The number of alkyl halides is 1. The maximum atomic E-state index is 11.3. The Balaban J connectivity index is 2.69. The van der Waals surface area contributed by atoms with Crippen molar-refractivity contribution in [2.24, 2.45) is 0 Å². The highest BCUT2D eigenvalue weighted by Crippen LogP contribution is 2.20. The predicted molar refractivity (Wildman–Crippen MR) is 75.6 cm³/mol. The molecule has 0 aromatic heterocycles. The zero-order chi connectivity index (χ0) is 14.4. The molecule has 0 amide bonds. The molecule has 2 unspecified atom stereocenters. The van der Waals surface area contributed by atoms with E-state index in [4.69, 9.17) is 11.6 Å². The minimum absolute atomic E-state index is 0.0974. The van der Waals surface area contributed by atoms with Gasteiger partial charge in [-0.3, -0.25) is 9.59 Å². The van der Waals surface area contributed by atoms with Crippen LogP contribution in [0.25, 0.3) is 0 Å². The third-order valence-corrected chi connectivity index (χ3v) is 3.67. The lowest BCUT2D eigenvalue weighted by atomic mass is 10.0. The number of carbonyl (C=O) groups is 2. The lowest BCUT2D eigenvalue weighted by Gasteiger charge is -2.17. The number of Topliss-reactive ketones (excluding diaryl/α,β-unsaturated/α-hetero) is 1. The van der Waals surface area contributed by atoms with Crippen LogP contribution < -0.4 is 0 Å². The van der Waals surface area contributed by atoms with Crippen molar-refractivity contribution in [2.75, 3.05) is 11.6 Å². The Kier molecular flexibility index (Phi) is 6.51. The Morgan fingerprint density at radius 1 is 1.26 bits per heavy atom. The molecule has 0 heterocycles. The first-order valence-electron chi connectivity index (χ1n) is 5.64. The summed E-state index contributed by atoms with van der Waals surface area (Å²) in [4.78, 5) is 22.1. The molecule has 4 nitrogen and oxygen atoms in total.